The van der Waals surface area contributed by atoms with Gasteiger partial charge in [0.1, 0.15) is 5.82 Å². The minimum atomic E-state index is -0.196. The predicted molar refractivity (Wildman–Crippen MR) is 78.5 cm³/mol. The quantitative estimate of drug-likeness (QED) is 0.828. The molecule has 0 fully saturated rings. The van der Waals surface area contributed by atoms with Gasteiger partial charge in [-0.3, -0.25) is 0 Å². The Kier molecular flexibility index (Phi) is 4.69. The first kappa shape index (κ1) is 13.8. The van der Waals surface area contributed by atoms with Crippen LogP contribution in [0.2, 0.25) is 0 Å². The maximum absolute atomic E-state index is 12.9. The molecule has 1 unspecified atom stereocenters. The van der Waals surface area contributed by atoms with Gasteiger partial charge in [-0.25, -0.2) is 4.39 Å². The Morgan fingerprint density at radius 1 is 0.895 bits per heavy atom. The van der Waals surface area contributed by atoms with Gasteiger partial charge >= 0.3 is 0 Å². The van der Waals surface area contributed by atoms with E-state index in [0.29, 0.717) is 6.04 Å². The fraction of sp³-hybridized carbons (Fsp3) is 0.294. The maximum Gasteiger partial charge on any atom is 0.123 e. The molecule has 0 bridgehead atoms. The molecule has 0 aromatic heterocycles. The number of benzene rings is 2. The lowest BCUT2D eigenvalue weighted by Gasteiger charge is -2.16. The zero-order valence-corrected chi connectivity index (χ0v) is 11.5. The van der Waals surface area contributed by atoms with Crippen molar-refractivity contribution < 1.29 is 4.39 Å². The molecule has 2 heteroatoms. The van der Waals surface area contributed by atoms with Crippen molar-refractivity contribution in [3.8, 4) is 11.1 Å². The van der Waals surface area contributed by atoms with E-state index in [0.717, 1.165) is 24.1 Å². The smallest absolute Gasteiger partial charge is 0.123 e. The minimum Gasteiger partial charge on any atom is -0.310 e. The third-order valence-electron chi connectivity index (χ3n) is 3.35. The van der Waals surface area contributed by atoms with Crippen LogP contribution in [0.1, 0.15) is 31.9 Å². The molecule has 0 amide bonds. The van der Waals surface area contributed by atoms with Crippen molar-refractivity contribution in [3.63, 3.8) is 0 Å². The summed E-state index contributed by atoms with van der Waals surface area (Å²) in [6.45, 7) is 5.27. The lowest BCUT2D eigenvalue weighted by molar-refractivity contribution is 0.537. The highest BCUT2D eigenvalue weighted by molar-refractivity contribution is 5.63. The summed E-state index contributed by atoms with van der Waals surface area (Å²) in [4.78, 5) is 0. The van der Waals surface area contributed by atoms with E-state index in [4.69, 9.17) is 0 Å². The van der Waals surface area contributed by atoms with Crippen LogP contribution in [0.3, 0.4) is 0 Å². The van der Waals surface area contributed by atoms with E-state index in [2.05, 4.69) is 43.4 Å². The molecule has 0 spiro atoms. The second-order valence-electron chi connectivity index (χ2n) is 4.65. The molecule has 0 aliphatic rings. The molecule has 1 atom stereocenters. The van der Waals surface area contributed by atoms with Gasteiger partial charge in [-0.2, -0.15) is 0 Å². The molecule has 0 saturated heterocycles. The highest BCUT2D eigenvalue weighted by Crippen LogP contribution is 2.23. The van der Waals surface area contributed by atoms with Gasteiger partial charge in [0.15, 0.2) is 0 Å². The molecule has 19 heavy (non-hydrogen) atoms. The van der Waals surface area contributed by atoms with Crippen molar-refractivity contribution in [1.29, 1.82) is 0 Å². The molecule has 0 radical (unpaired) electrons. The van der Waals surface area contributed by atoms with E-state index in [1.807, 2.05) is 12.1 Å². The van der Waals surface area contributed by atoms with E-state index in [-0.39, 0.29) is 5.82 Å². The number of hydrogen-bond donors (Lipinski definition) is 1. The van der Waals surface area contributed by atoms with Gasteiger partial charge in [0, 0.05) is 6.04 Å². The van der Waals surface area contributed by atoms with Crippen molar-refractivity contribution >= 4 is 0 Å². The van der Waals surface area contributed by atoms with Crippen LogP contribution in [0.15, 0.2) is 48.5 Å². The van der Waals surface area contributed by atoms with Gasteiger partial charge in [0.25, 0.3) is 0 Å². The van der Waals surface area contributed by atoms with Crippen LogP contribution in [0.25, 0.3) is 11.1 Å². The average molecular weight is 257 g/mol. The fourth-order valence-electron chi connectivity index (χ4n) is 2.29. The second kappa shape index (κ2) is 6.48. The topological polar surface area (TPSA) is 12.0 Å². The summed E-state index contributed by atoms with van der Waals surface area (Å²) < 4.78 is 12.9. The molecule has 100 valence electrons. The first-order chi connectivity index (χ1) is 9.24. The highest BCUT2D eigenvalue weighted by atomic mass is 19.1. The molecule has 2 aromatic carbocycles. The Morgan fingerprint density at radius 3 is 1.89 bits per heavy atom. The first-order valence-electron chi connectivity index (χ1n) is 6.84. The van der Waals surface area contributed by atoms with Gasteiger partial charge in [0.2, 0.25) is 0 Å². The molecule has 0 saturated carbocycles. The fourth-order valence-corrected chi connectivity index (χ4v) is 2.29. The molecule has 0 aliphatic heterocycles. The van der Waals surface area contributed by atoms with Crippen LogP contribution in [-0.2, 0) is 0 Å². The monoisotopic (exact) mass is 257 g/mol. The Balaban J connectivity index is 2.20. The molecule has 1 nitrogen and oxygen atoms in total. The zero-order valence-electron chi connectivity index (χ0n) is 11.5. The number of hydrogen-bond acceptors (Lipinski definition) is 1. The zero-order chi connectivity index (χ0) is 13.7. The van der Waals surface area contributed by atoms with E-state index in [1.54, 1.807) is 0 Å². The molecular formula is C17H20FN. The van der Waals surface area contributed by atoms with Gasteiger partial charge in [-0.05, 0) is 41.8 Å². The van der Waals surface area contributed by atoms with E-state index < -0.39 is 0 Å². The Labute approximate surface area is 114 Å². The summed E-state index contributed by atoms with van der Waals surface area (Å²) >= 11 is 0. The lowest BCUT2D eigenvalue weighted by Crippen LogP contribution is -2.19. The standard InChI is InChI=1S/C17H20FN/c1-3-17(19-4-2)15-7-5-13(6-8-15)14-9-11-16(18)12-10-14/h5-12,17,19H,3-4H2,1-2H3. The molecule has 2 rings (SSSR count). The van der Waals surface area contributed by atoms with Crippen molar-refractivity contribution in [2.24, 2.45) is 0 Å². The van der Waals surface area contributed by atoms with Crippen molar-refractivity contribution in [1.82, 2.24) is 5.32 Å². The Hall–Kier alpha value is -1.67. The first-order valence-corrected chi connectivity index (χ1v) is 6.84. The largest absolute Gasteiger partial charge is 0.310 e. The summed E-state index contributed by atoms with van der Waals surface area (Å²) in [5.41, 5.74) is 3.47. The van der Waals surface area contributed by atoms with Crippen LogP contribution in [0, 0.1) is 5.82 Å². The van der Waals surface area contributed by atoms with Crippen molar-refractivity contribution in [3.05, 3.63) is 59.9 Å². The lowest BCUT2D eigenvalue weighted by atomic mass is 9.99. The predicted octanol–water partition coefficient (Wildman–Crippen LogP) is 4.55. The van der Waals surface area contributed by atoms with Gasteiger partial charge in [-0.1, -0.05) is 50.2 Å². The highest BCUT2D eigenvalue weighted by Gasteiger charge is 2.07. The second-order valence-corrected chi connectivity index (χ2v) is 4.65. The normalized spacial score (nSPS) is 12.4. The molecule has 0 aliphatic carbocycles. The average Bonchev–Trinajstić information content (AvgIpc) is 2.46. The van der Waals surface area contributed by atoms with E-state index in [9.17, 15) is 4.39 Å². The molecular weight excluding hydrogens is 237 g/mol. The Morgan fingerprint density at radius 2 is 1.42 bits per heavy atom. The van der Waals surface area contributed by atoms with Crippen LogP contribution >= 0.6 is 0 Å². The van der Waals surface area contributed by atoms with Crippen LogP contribution in [-0.4, -0.2) is 6.54 Å². The summed E-state index contributed by atoms with van der Waals surface area (Å²) in [7, 11) is 0. The number of nitrogens with one attached hydrogen (secondary N) is 1. The van der Waals surface area contributed by atoms with Crippen LogP contribution < -0.4 is 5.32 Å². The van der Waals surface area contributed by atoms with E-state index >= 15 is 0 Å². The third kappa shape index (κ3) is 3.42. The summed E-state index contributed by atoms with van der Waals surface area (Å²) in [6.07, 6.45) is 1.07. The molecule has 1 N–H and O–H groups in total. The summed E-state index contributed by atoms with van der Waals surface area (Å²) in [5.74, 6) is -0.196. The summed E-state index contributed by atoms with van der Waals surface area (Å²) in [6, 6.07) is 15.5. The van der Waals surface area contributed by atoms with Gasteiger partial charge in [0.05, 0.1) is 0 Å². The van der Waals surface area contributed by atoms with Crippen LogP contribution in [0.5, 0.6) is 0 Å². The Bertz CT molecular complexity index is 502. The van der Waals surface area contributed by atoms with Gasteiger partial charge < -0.3 is 5.32 Å². The van der Waals surface area contributed by atoms with Crippen molar-refractivity contribution in [2.75, 3.05) is 6.54 Å². The number of rotatable bonds is 5. The third-order valence-corrected chi connectivity index (χ3v) is 3.35. The van der Waals surface area contributed by atoms with E-state index in [1.165, 1.54) is 17.7 Å². The van der Waals surface area contributed by atoms with Gasteiger partial charge in [-0.15, -0.1) is 0 Å². The van der Waals surface area contributed by atoms with Crippen LogP contribution in [0.4, 0.5) is 4.39 Å². The van der Waals surface area contributed by atoms with Crippen molar-refractivity contribution in [2.45, 2.75) is 26.3 Å². The minimum absolute atomic E-state index is 0.196. The molecule has 0 heterocycles. The maximum atomic E-state index is 12.9. The number of halogens is 1. The summed E-state index contributed by atoms with van der Waals surface area (Å²) in [5, 5.41) is 3.47. The molecule has 2 aromatic rings. The SMILES string of the molecule is CCNC(CC)c1ccc(-c2ccc(F)cc2)cc1.